The van der Waals surface area contributed by atoms with E-state index in [-0.39, 0.29) is 5.97 Å². The van der Waals surface area contributed by atoms with Gasteiger partial charge in [-0.25, -0.2) is 0 Å². The smallest absolute Gasteiger partial charge is 0.306 e. The molecule has 0 bridgehead atoms. The van der Waals surface area contributed by atoms with Crippen molar-refractivity contribution in [2.24, 2.45) is 11.8 Å². The molecule has 2 atom stereocenters. The maximum absolute atomic E-state index is 11.6. The Morgan fingerprint density at radius 2 is 2.11 bits per heavy atom. The van der Waals surface area contributed by atoms with Gasteiger partial charge in [0.05, 0.1) is 6.61 Å². The molecule has 1 N–H and O–H groups in total. The first-order valence-corrected chi connectivity index (χ1v) is 7.66. The number of likely N-dealkylation sites (tertiary alicyclic amines) is 1. The van der Waals surface area contributed by atoms with E-state index in [0.717, 1.165) is 32.6 Å². The molecule has 1 rings (SSSR count). The largest absolute Gasteiger partial charge is 0.466 e. The molecule has 1 aliphatic heterocycles. The Morgan fingerprint density at radius 1 is 1.37 bits per heavy atom. The van der Waals surface area contributed by atoms with Crippen molar-refractivity contribution in [3.8, 4) is 0 Å². The lowest BCUT2D eigenvalue weighted by Crippen LogP contribution is -2.50. The van der Waals surface area contributed by atoms with Crippen LogP contribution in [-0.4, -0.2) is 49.7 Å². The summed E-state index contributed by atoms with van der Waals surface area (Å²) in [6, 6.07) is 0.510. The molecule has 1 fully saturated rings. The number of rotatable bonds is 7. The van der Waals surface area contributed by atoms with E-state index in [0.29, 0.717) is 30.9 Å². The van der Waals surface area contributed by atoms with E-state index in [1.54, 1.807) is 0 Å². The second kappa shape index (κ2) is 8.54. The molecule has 0 aromatic heterocycles. The van der Waals surface area contributed by atoms with Gasteiger partial charge in [0.15, 0.2) is 0 Å². The summed E-state index contributed by atoms with van der Waals surface area (Å²) in [6.45, 7) is 13.2. The van der Waals surface area contributed by atoms with E-state index in [1.165, 1.54) is 0 Å². The maximum atomic E-state index is 11.6. The van der Waals surface area contributed by atoms with Crippen molar-refractivity contribution in [3.63, 3.8) is 0 Å². The third-order valence-corrected chi connectivity index (χ3v) is 3.64. The average molecular weight is 270 g/mol. The number of nitrogens with zero attached hydrogens (tertiary/aromatic N) is 1. The molecule has 0 spiro atoms. The van der Waals surface area contributed by atoms with Crippen LogP contribution in [0.25, 0.3) is 0 Å². The molecule has 2 unspecified atom stereocenters. The Morgan fingerprint density at radius 3 is 2.68 bits per heavy atom. The molecule has 0 saturated carbocycles. The fourth-order valence-corrected chi connectivity index (χ4v) is 2.71. The molecule has 1 aliphatic rings. The second-order valence-corrected chi connectivity index (χ2v) is 5.96. The molecule has 4 heteroatoms. The number of carbonyl (C=O) groups excluding carboxylic acids is 1. The van der Waals surface area contributed by atoms with E-state index in [2.05, 4.69) is 31.0 Å². The van der Waals surface area contributed by atoms with Gasteiger partial charge in [-0.2, -0.15) is 0 Å². The molecule has 1 saturated heterocycles. The number of ether oxygens (including phenoxy) is 1. The molecule has 0 amide bonds. The van der Waals surface area contributed by atoms with Crippen molar-refractivity contribution >= 4 is 5.97 Å². The summed E-state index contributed by atoms with van der Waals surface area (Å²) < 4.78 is 5.07. The molecule has 19 heavy (non-hydrogen) atoms. The van der Waals surface area contributed by atoms with Crippen LogP contribution in [0.3, 0.4) is 0 Å². The molecule has 0 aliphatic carbocycles. The van der Waals surface area contributed by atoms with Gasteiger partial charge >= 0.3 is 5.97 Å². The van der Waals surface area contributed by atoms with Crippen LogP contribution >= 0.6 is 0 Å². The average Bonchev–Trinajstić information content (AvgIpc) is 2.36. The van der Waals surface area contributed by atoms with Gasteiger partial charge in [-0.15, -0.1) is 0 Å². The lowest BCUT2D eigenvalue weighted by molar-refractivity contribution is -0.144. The number of nitrogens with one attached hydrogen (secondary N) is 1. The molecule has 0 aromatic rings. The Hall–Kier alpha value is -0.610. The van der Waals surface area contributed by atoms with Crippen molar-refractivity contribution in [2.45, 2.75) is 46.6 Å². The first-order valence-electron chi connectivity index (χ1n) is 7.66. The third-order valence-electron chi connectivity index (χ3n) is 3.64. The minimum atomic E-state index is -0.0481. The Bertz CT molecular complexity index is 269. The van der Waals surface area contributed by atoms with Crippen LogP contribution in [0.4, 0.5) is 0 Å². The molecule has 0 aromatic carbocycles. The predicted octanol–water partition coefficient (Wildman–Crippen LogP) is 1.90. The number of carbonyl (C=O) groups is 1. The summed E-state index contributed by atoms with van der Waals surface area (Å²) in [6.07, 6.45) is 1.65. The number of hydrogen-bond acceptors (Lipinski definition) is 4. The van der Waals surface area contributed by atoms with Crippen LogP contribution in [-0.2, 0) is 9.53 Å². The monoisotopic (exact) mass is 270 g/mol. The summed E-state index contributed by atoms with van der Waals surface area (Å²) in [4.78, 5) is 14.1. The topological polar surface area (TPSA) is 41.6 Å². The van der Waals surface area contributed by atoms with Crippen LogP contribution in [0, 0.1) is 11.8 Å². The summed E-state index contributed by atoms with van der Waals surface area (Å²) >= 11 is 0. The van der Waals surface area contributed by atoms with Gasteiger partial charge in [-0.05, 0) is 38.3 Å². The van der Waals surface area contributed by atoms with Crippen molar-refractivity contribution < 1.29 is 9.53 Å². The van der Waals surface area contributed by atoms with Crippen molar-refractivity contribution in [2.75, 3.05) is 32.8 Å². The lowest BCUT2D eigenvalue weighted by Gasteiger charge is -2.37. The zero-order chi connectivity index (χ0) is 14.3. The van der Waals surface area contributed by atoms with Gasteiger partial charge in [0.1, 0.15) is 0 Å². The van der Waals surface area contributed by atoms with Crippen molar-refractivity contribution in [1.82, 2.24) is 10.2 Å². The molecule has 0 radical (unpaired) electrons. The van der Waals surface area contributed by atoms with Gasteiger partial charge < -0.3 is 15.0 Å². The van der Waals surface area contributed by atoms with E-state index in [9.17, 15) is 4.79 Å². The van der Waals surface area contributed by atoms with Gasteiger partial charge in [0.2, 0.25) is 0 Å². The molecule has 112 valence electrons. The predicted molar refractivity (Wildman–Crippen MR) is 78.1 cm³/mol. The van der Waals surface area contributed by atoms with Crippen LogP contribution in [0.1, 0.15) is 40.5 Å². The molecular weight excluding hydrogens is 240 g/mol. The lowest BCUT2D eigenvalue weighted by atomic mass is 9.91. The highest BCUT2D eigenvalue weighted by molar-refractivity contribution is 5.69. The first-order chi connectivity index (χ1) is 9.05. The highest BCUT2D eigenvalue weighted by Gasteiger charge is 2.28. The Balaban J connectivity index is 2.45. The number of esters is 1. The van der Waals surface area contributed by atoms with Crippen LogP contribution in [0.2, 0.25) is 0 Å². The summed E-state index contributed by atoms with van der Waals surface area (Å²) in [7, 11) is 0. The normalized spacial score (nSPS) is 24.7. The summed E-state index contributed by atoms with van der Waals surface area (Å²) in [5.74, 6) is 1.05. The Kier molecular flexibility index (Phi) is 7.39. The first kappa shape index (κ1) is 16.4. The second-order valence-electron chi connectivity index (χ2n) is 5.96. The molecule has 1 heterocycles. The van der Waals surface area contributed by atoms with Crippen LogP contribution in [0.15, 0.2) is 0 Å². The van der Waals surface area contributed by atoms with E-state index in [4.69, 9.17) is 4.74 Å². The van der Waals surface area contributed by atoms with Gasteiger partial charge in [-0.3, -0.25) is 4.79 Å². The quantitative estimate of drug-likeness (QED) is 0.717. The SMILES string of the molecule is CCOC(=O)CC1CC(NCC(C)C)CN(CC)C1. The fraction of sp³-hybridized carbons (Fsp3) is 0.933. The maximum Gasteiger partial charge on any atom is 0.306 e. The van der Waals surface area contributed by atoms with E-state index in [1.807, 2.05) is 6.92 Å². The van der Waals surface area contributed by atoms with E-state index < -0.39 is 0 Å². The standard InChI is InChI=1S/C15H30N2O2/c1-5-17-10-13(8-15(18)19-6-2)7-14(11-17)16-9-12(3)4/h12-14,16H,5-11H2,1-4H3. The zero-order valence-electron chi connectivity index (χ0n) is 12.9. The highest BCUT2D eigenvalue weighted by Crippen LogP contribution is 2.20. The third kappa shape index (κ3) is 6.39. The van der Waals surface area contributed by atoms with Crippen LogP contribution < -0.4 is 5.32 Å². The minimum Gasteiger partial charge on any atom is -0.466 e. The minimum absolute atomic E-state index is 0.0481. The van der Waals surface area contributed by atoms with Gasteiger partial charge in [0, 0.05) is 25.6 Å². The van der Waals surface area contributed by atoms with Crippen molar-refractivity contribution in [3.05, 3.63) is 0 Å². The summed E-state index contributed by atoms with van der Waals surface area (Å²) in [5.41, 5.74) is 0. The van der Waals surface area contributed by atoms with E-state index >= 15 is 0 Å². The van der Waals surface area contributed by atoms with Gasteiger partial charge in [-0.1, -0.05) is 20.8 Å². The Labute approximate surface area is 117 Å². The number of piperidine rings is 1. The number of hydrogen-bond donors (Lipinski definition) is 1. The van der Waals surface area contributed by atoms with Gasteiger partial charge in [0.25, 0.3) is 0 Å². The molecule has 4 nitrogen and oxygen atoms in total. The van der Waals surface area contributed by atoms with Crippen LogP contribution in [0.5, 0.6) is 0 Å². The van der Waals surface area contributed by atoms with Crippen molar-refractivity contribution in [1.29, 1.82) is 0 Å². The highest BCUT2D eigenvalue weighted by atomic mass is 16.5. The zero-order valence-corrected chi connectivity index (χ0v) is 12.9. The fourth-order valence-electron chi connectivity index (χ4n) is 2.71. The molecular formula is C15H30N2O2. The summed E-state index contributed by atoms with van der Waals surface area (Å²) in [5, 5.41) is 3.63. The number of likely N-dealkylation sites (N-methyl/N-ethyl adjacent to an activating group) is 1.